The Kier molecular flexibility index (Phi) is 2.54. The summed E-state index contributed by atoms with van der Waals surface area (Å²) in [4.78, 5) is 12.2. The van der Waals surface area contributed by atoms with Gasteiger partial charge in [0.1, 0.15) is 0 Å². The molecule has 0 radical (unpaired) electrons. The standard InChI is InChI=1S/C13H16N2O2/c1-9-5-7-11(8-6-9)12-10(2)14(16)13(3,4)15(12)17/h5-8H,1-4H3. The highest BCUT2D eigenvalue weighted by molar-refractivity contribution is 5.63. The molecule has 1 aromatic carbocycles. The van der Waals surface area contributed by atoms with Crippen molar-refractivity contribution in [3.63, 3.8) is 0 Å². The molecule has 1 aromatic rings. The highest BCUT2D eigenvalue weighted by Gasteiger charge is 2.49. The zero-order valence-corrected chi connectivity index (χ0v) is 10.5. The Hall–Kier alpha value is -1.68. The SMILES string of the molecule is CC1=C(c2ccc(C)cc2)[N+](=O)C(C)(C)N1[O-]. The maximum Gasteiger partial charge on any atom is 0.284 e. The Balaban J connectivity index is 2.53. The van der Waals surface area contributed by atoms with Crippen molar-refractivity contribution in [1.82, 2.24) is 5.06 Å². The number of benzene rings is 1. The number of hydroxylamine groups is 2. The molecular weight excluding hydrogens is 216 g/mol. The lowest BCUT2D eigenvalue weighted by atomic mass is 10.1. The first-order chi connectivity index (χ1) is 7.85. The van der Waals surface area contributed by atoms with Gasteiger partial charge in [0, 0.05) is 18.8 Å². The Morgan fingerprint density at radius 3 is 2.12 bits per heavy atom. The van der Waals surface area contributed by atoms with Gasteiger partial charge in [-0.05, 0) is 26.0 Å². The van der Waals surface area contributed by atoms with Gasteiger partial charge in [-0.3, -0.25) is 0 Å². The van der Waals surface area contributed by atoms with E-state index in [1.165, 1.54) is 0 Å². The van der Waals surface area contributed by atoms with Gasteiger partial charge in [0.05, 0.1) is 16.0 Å². The topological polar surface area (TPSA) is 46.4 Å². The van der Waals surface area contributed by atoms with Crippen LogP contribution in [0.5, 0.6) is 0 Å². The van der Waals surface area contributed by atoms with Gasteiger partial charge in [0.25, 0.3) is 11.4 Å². The average Bonchev–Trinajstić information content (AvgIpc) is 2.43. The van der Waals surface area contributed by atoms with E-state index < -0.39 is 5.66 Å². The van der Waals surface area contributed by atoms with E-state index in [0.29, 0.717) is 11.4 Å². The van der Waals surface area contributed by atoms with Crippen molar-refractivity contribution in [1.29, 1.82) is 0 Å². The van der Waals surface area contributed by atoms with Crippen molar-refractivity contribution in [2.45, 2.75) is 33.4 Å². The van der Waals surface area contributed by atoms with Gasteiger partial charge in [-0.25, -0.2) is 0 Å². The van der Waals surface area contributed by atoms with E-state index in [2.05, 4.69) is 0 Å². The summed E-state index contributed by atoms with van der Waals surface area (Å²) >= 11 is 0. The van der Waals surface area contributed by atoms with Crippen LogP contribution in [-0.4, -0.2) is 15.5 Å². The lowest BCUT2D eigenvalue weighted by Crippen LogP contribution is -2.40. The molecule has 0 saturated carbocycles. The van der Waals surface area contributed by atoms with E-state index in [4.69, 9.17) is 0 Å². The smallest absolute Gasteiger partial charge is 0.284 e. The minimum Gasteiger partial charge on any atom is -0.753 e. The van der Waals surface area contributed by atoms with E-state index in [9.17, 15) is 10.1 Å². The molecule has 17 heavy (non-hydrogen) atoms. The van der Waals surface area contributed by atoms with Gasteiger partial charge in [-0.15, -0.1) is 0 Å². The van der Waals surface area contributed by atoms with Crippen LogP contribution in [0.15, 0.2) is 30.0 Å². The van der Waals surface area contributed by atoms with Gasteiger partial charge in [-0.1, -0.05) is 17.7 Å². The molecule has 4 heteroatoms. The van der Waals surface area contributed by atoms with Crippen LogP contribution in [0, 0.1) is 17.0 Å². The number of nitrogens with zero attached hydrogens (tertiary/aromatic N) is 2. The highest BCUT2D eigenvalue weighted by atomic mass is 16.5. The van der Waals surface area contributed by atoms with E-state index in [1.807, 2.05) is 31.2 Å². The number of allylic oxidation sites excluding steroid dienone is 1. The van der Waals surface area contributed by atoms with Crippen LogP contribution < -0.4 is 0 Å². The fourth-order valence-corrected chi connectivity index (χ4v) is 2.05. The summed E-state index contributed by atoms with van der Waals surface area (Å²) in [7, 11) is 0. The van der Waals surface area contributed by atoms with Crippen LogP contribution in [0.3, 0.4) is 0 Å². The third-order valence-electron chi connectivity index (χ3n) is 3.17. The summed E-state index contributed by atoms with van der Waals surface area (Å²) in [6.07, 6.45) is 0. The Morgan fingerprint density at radius 2 is 1.71 bits per heavy atom. The highest BCUT2D eigenvalue weighted by Crippen LogP contribution is 2.37. The molecule has 0 N–H and O–H groups in total. The molecule has 1 aliphatic rings. The molecule has 0 spiro atoms. The Labute approximate surface area is 101 Å². The van der Waals surface area contributed by atoms with Crippen LogP contribution in [0.25, 0.3) is 5.70 Å². The molecule has 0 fully saturated rings. The molecule has 0 unspecified atom stereocenters. The second kappa shape index (κ2) is 3.67. The van der Waals surface area contributed by atoms with E-state index in [-0.39, 0.29) is 0 Å². The van der Waals surface area contributed by atoms with E-state index in [0.717, 1.165) is 21.0 Å². The lowest BCUT2D eigenvalue weighted by molar-refractivity contribution is -0.549. The number of aryl methyl sites for hydroxylation is 1. The average molecular weight is 232 g/mol. The molecule has 1 aliphatic heterocycles. The van der Waals surface area contributed by atoms with Crippen LogP contribution in [-0.2, 0) is 0 Å². The van der Waals surface area contributed by atoms with Crippen LogP contribution in [0.1, 0.15) is 31.9 Å². The van der Waals surface area contributed by atoms with Gasteiger partial charge in [0.15, 0.2) is 0 Å². The third kappa shape index (κ3) is 1.65. The molecule has 0 bridgehead atoms. The van der Waals surface area contributed by atoms with Gasteiger partial charge >= 0.3 is 0 Å². The van der Waals surface area contributed by atoms with Crippen molar-refractivity contribution in [2.24, 2.45) is 0 Å². The van der Waals surface area contributed by atoms with E-state index >= 15 is 0 Å². The number of rotatable bonds is 1. The van der Waals surface area contributed by atoms with Crippen LogP contribution in [0.2, 0.25) is 0 Å². The summed E-state index contributed by atoms with van der Waals surface area (Å²) in [5.74, 6) is 0. The first-order valence-corrected chi connectivity index (χ1v) is 5.58. The predicted octanol–water partition coefficient (Wildman–Crippen LogP) is 3.01. The summed E-state index contributed by atoms with van der Waals surface area (Å²) in [6, 6.07) is 7.61. The van der Waals surface area contributed by atoms with Crippen molar-refractivity contribution in [3.8, 4) is 0 Å². The Morgan fingerprint density at radius 1 is 1.18 bits per heavy atom. The molecule has 0 saturated heterocycles. The molecular formula is C13H16N2O2. The maximum absolute atomic E-state index is 12.2. The molecule has 0 aromatic heterocycles. The molecule has 0 amide bonds. The van der Waals surface area contributed by atoms with Gasteiger partial charge in [0.2, 0.25) is 0 Å². The molecule has 2 rings (SSSR count). The minimum absolute atomic E-state index is 0.463. The minimum atomic E-state index is -1.07. The number of nitroso groups, excluding NO2 is 1. The van der Waals surface area contributed by atoms with Gasteiger partial charge in [-0.2, -0.15) is 0 Å². The third-order valence-corrected chi connectivity index (χ3v) is 3.17. The number of hydrogen-bond donors (Lipinski definition) is 0. The molecule has 90 valence electrons. The largest absolute Gasteiger partial charge is 0.753 e. The zero-order chi connectivity index (χ0) is 12.8. The normalized spacial score (nSPS) is 19.1. The fraction of sp³-hybridized carbons (Fsp3) is 0.385. The van der Waals surface area contributed by atoms with Crippen molar-refractivity contribution >= 4 is 5.70 Å². The lowest BCUT2D eigenvalue weighted by Gasteiger charge is -2.31. The van der Waals surface area contributed by atoms with Crippen LogP contribution >= 0.6 is 0 Å². The molecule has 0 aliphatic carbocycles. The van der Waals surface area contributed by atoms with Crippen LogP contribution in [0.4, 0.5) is 0 Å². The quantitative estimate of drug-likeness (QED) is 0.699. The monoisotopic (exact) mass is 232 g/mol. The molecule has 4 nitrogen and oxygen atoms in total. The summed E-state index contributed by atoms with van der Waals surface area (Å²) in [6.45, 7) is 6.91. The second-order valence-corrected chi connectivity index (χ2v) is 4.88. The predicted molar refractivity (Wildman–Crippen MR) is 66.7 cm³/mol. The number of hydrogen-bond acceptors (Lipinski definition) is 3. The van der Waals surface area contributed by atoms with Crippen molar-refractivity contribution in [3.05, 3.63) is 51.2 Å². The second-order valence-electron chi connectivity index (χ2n) is 4.88. The summed E-state index contributed by atoms with van der Waals surface area (Å²) in [5, 5.41) is 12.7. The summed E-state index contributed by atoms with van der Waals surface area (Å²) in [5.41, 5.74) is 1.78. The zero-order valence-electron chi connectivity index (χ0n) is 10.5. The first-order valence-electron chi connectivity index (χ1n) is 5.58. The van der Waals surface area contributed by atoms with Crippen molar-refractivity contribution in [2.75, 3.05) is 0 Å². The molecule has 1 heterocycles. The maximum atomic E-state index is 12.2. The van der Waals surface area contributed by atoms with Crippen molar-refractivity contribution < 1.29 is 4.76 Å². The summed E-state index contributed by atoms with van der Waals surface area (Å²) < 4.78 is 0.792. The first kappa shape index (κ1) is 11.8. The van der Waals surface area contributed by atoms with Gasteiger partial charge < -0.3 is 10.3 Å². The van der Waals surface area contributed by atoms with E-state index in [1.54, 1.807) is 20.8 Å². The fourth-order valence-electron chi connectivity index (χ4n) is 2.05. The molecule has 0 atom stereocenters. The Bertz CT molecular complexity index is 501.